The molecule has 120 valence electrons. The number of aliphatic hydroxyl groups is 1. The second-order valence-corrected chi connectivity index (χ2v) is 5.85. The van der Waals surface area contributed by atoms with Gasteiger partial charge in [-0.1, -0.05) is 45.4 Å². The molecule has 0 radical (unpaired) electrons. The van der Waals surface area contributed by atoms with Gasteiger partial charge in [-0.05, 0) is 43.6 Å². The first-order valence-electron chi connectivity index (χ1n) is 7.82. The van der Waals surface area contributed by atoms with Crippen molar-refractivity contribution >= 4 is 11.6 Å². The van der Waals surface area contributed by atoms with E-state index >= 15 is 0 Å². The van der Waals surface area contributed by atoms with Crippen molar-refractivity contribution in [3.8, 4) is 0 Å². The monoisotopic (exact) mass is 315 g/mol. The van der Waals surface area contributed by atoms with E-state index in [-0.39, 0.29) is 11.4 Å². The van der Waals surface area contributed by atoms with Gasteiger partial charge in [-0.3, -0.25) is 4.90 Å². The van der Waals surface area contributed by atoms with Crippen molar-refractivity contribution in [2.45, 2.75) is 58.6 Å². The molecule has 0 aromatic heterocycles. The van der Waals surface area contributed by atoms with E-state index in [4.69, 9.17) is 11.6 Å². The van der Waals surface area contributed by atoms with Gasteiger partial charge in [0.25, 0.3) is 0 Å². The van der Waals surface area contributed by atoms with E-state index in [2.05, 4.69) is 32.6 Å². The van der Waals surface area contributed by atoms with Crippen molar-refractivity contribution in [1.82, 2.24) is 4.90 Å². The summed E-state index contributed by atoms with van der Waals surface area (Å²) in [6.45, 7) is 10.2. The van der Waals surface area contributed by atoms with Crippen molar-refractivity contribution < 1.29 is 9.50 Å². The summed E-state index contributed by atoms with van der Waals surface area (Å²) in [7, 11) is 0. The average molecular weight is 316 g/mol. The Labute approximate surface area is 132 Å². The molecule has 0 aliphatic heterocycles. The summed E-state index contributed by atoms with van der Waals surface area (Å²) in [4.78, 5) is 2.31. The molecule has 21 heavy (non-hydrogen) atoms. The Kier molecular flexibility index (Phi) is 7.11. The lowest BCUT2D eigenvalue weighted by Crippen LogP contribution is -2.56. The third-order valence-corrected chi connectivity index (χ3v) is 5.02. The minimum Gasteiger partial charge on any atom is -0.391 e. The standard InChI is InChI=1S/C17H27ClFNO/c1-5-17(6-2,20(7-3)8-4)16(21)11-13-9-10-14(19)12-15(13)18/h9-10,12,16,21H,5-8,11H2,1-4H3. The number of hydrogen-bond acceptors (Lipinski definition) is 2. The van der Waals surface area contributed by atoms with Crippen LogP contribution in [-0.4, -0.2) is 34.7 Å². The maximum atomic E-state index is 13.1. The quantitative estimate of drug-likeness (QED) is 0.774. The van der Waals surface area contributed by atoms with Gasteiger partial charge in [0.05, 0.1) is 6.10 Å². The smallest absolute Gasteiger partial charge is 0.124 e. The van der Waals surface area contributed by atoms with Crippen LogP contribution in [0, 0.1) is 5.82 Å². The highest BCUT2D eigenvalue weighted by Gasteiger charge is 2.39. The lowest BCUT2D eigenvalue weighted by molar-refractivity contribution is -0.0340. The van der Waals surface area contributed by atoms with Crippen molar-refractivity contribution in [1.29, 1.82) is 0 Å². The van der Waals surface area contributed by atoms with Gasteiger partial charge >= 0.3 is 0 Å². The Hall–Kier alpha value is -0.640. The molecule has 0 saturated carbocycles. The molecule has 2 nitrogen and oxygen atoms in total. The molecule has 0 aliphatic carbocycles. The molecule has 1 atom stereocenters. The number of rotatable bonds is 8. The number of likely N-dealkylation sites (N-methyl/N-ethyl adjacent to an activating group) is 1. The highest BCUT2D eigenvalue weighted by molar-refractivity contribution is 6.31. The number of benzene rings is 1. The van der Waals surface area contributed by atoms with Crippen LogP contribution < -0.4 is 0 Å². The third kappa shape index (κ3) is 3.97. The summed E-state index contributed by atoms with van der Waals surface area (Å²) < 4.78 is 13.1. The van der Waals surface area contributed by atoms with Crippen LogP contribution in [0.5, 0.6) is 0 Å². The molecule has 0 aliphatic rings. The van der Waals surface area contributed by atoms with E-state index in [1.807, 2.05) is 0 Å². The zero-order valence-corrected chi connectivity index (χ0v) is 14.3. The zero-order chi connectivity index (χ0) is 16.0. The maximum absolute atomic E-state index is 13.1. The second kappa shape index (κ2) is 8.11. The minimum absolute atomic E-state index is 0.263. The molecule has 1 aromatic carbocycles. The van der Waals surface area contributed by atoms with Crippen LogP contribution in [0.15, 0.2) is 18.2 Å². The summed E-state index contributed by atoms with van der Waals surface area (Å²) in [5.41, 5.74) is 0.533. The summed E-state index contributed by atoms with van der Waals surface area (Å²) in [6.07, 6.45) is 1.64. The Bertz CT molecular complexity index is 444. The van der Waals surface area contributed by atoms with Crippen LogP contribution >= 0.6 is 11.6 Å². The molecular formula is C17H27ClFNO. The Morgan fingerprint density at radius 3 is 2.19 bits per heavy atom. The fourth-order valence-electron chi connectivity index (χ4n) is 3.32. The topological polar surface area (TPSA) is 23.5 Å². The maximum Gasteiger partial charge on any atom is 0.124 e. The molecule has 4 heteroatoms. The summed E-state index contributed by atoms with van der Waals surface area (Å²) in [5.74, 6) is -0.348. The van der Waals surface area contributed by atoms with Crippen LogP contribution in [-0.2, 0) is 6.42 Å². The van der Waals surface area contributed by atoms with Gasteiger partial charge in [-0.2, -0.15) is 0 Å². The van der Waals surface area contributed by atoms with Crippen LogP contribution in [0.25, 0.3) is 0 Å². The lowest BCUT2D eigenvalue weighted by atomic mass is 9.81. The second-order valence-electron chi connectivity index (χ2n) is 5.44. The molecule has 1 unspecified atom stereocenters. The Morgan fingerprint density at radius 2 is 1.76 bits per heavy atom. The first-order chi connectivity index (χ1) is 9.94. The van der Waals surface area contributed by atoms with Gasteiger partial charge < -0.3 is 5.11 Å². The molecule has 0 bridgehead atoms. The van der Waals surface area contributed by atoms with Crippen LogP contribution in [0.2, 0.25) is 5.02 Å². The van der Waals surface area contributed by atoms with Gasteiger partial charge in [-0.25, -0.2) is 4.39 Å². The van der Waals surface area contributed by atoms with E-state index in [9.17, 15) is 9.50 Å². The number of nitrogens with zero attached hydrogens (tertiary/aromatic N) is 1. The lowest BCUT2D eigenvalue weighted by Gasteiger charge is -2.46. The first kappa shape index (κ1) is 18.4. The van der Waals surface area contributed by atoms with Crippen LogP contribution in [0.1, 0.15) is 46.1 Å². The summed E-state index contributed by atoms with van der Waals surface area (Å²) in [6, 6.07) is 4.37. The van der Waals surface area contributed by atoms with E-state index in [0.717, 1.165) is 31.5 Å². The number of aliphatic hydroxyl groups excluding tert-OH is 1. The summed E-state index contributed by atoms with van der Waals surface area (Å²) in [5, 5.41) is 11.2. The SMILES string of the molecule is CCN(CC)C(CC)(CC)C(O)Cc1ccc(F)cc1Cl. The van der Waals surface area contributed by atoms with Crippen molar-refractivity contribution in [3.05, 3.63) is 34.6 Å². The third-order valence-electron chi connectivity index (χ3n) is 4.67. The molecule has 0 amide bonds. The van der Waals surface area contributed by atoms with Gasteiger partial charge in [0, 0.05) is 17.0 Å². The van der Waals surface area contributed by atoms with Crippen molar-refractivity contribution in [2.75, 3.05) is 13.1 Å². The summed E-state index contributed by atoms with van der Waals surface area (Å²) >= 11 is 6.09. The fourth-order valence-corrected chi connectivity index (χ4v) is 3.56. The van der Waals surface area contributed by atoms with E-state index < -0.39 is 6.10 Å². The Morgan fingerprint density at radius 1 is 1.19 bits per heavy atom. The molecule has 0 saturated heterocycles. The highest BCUT2D eigenvalue weighted by atomic mass is 35.5. The molecule has 0 fully saturated rings. The number of halogens is 2. The highest BCUT2D eigenvalue weighted by Crippen LogP contribution is 2.31. The molecule has 1 aromatic rings. The largest absolute Gasteiger partial charge is 0.391 e. The van der Waals surface area contributed by atoms with Gasteiger partial charge in [0.2, 0.25) is 0 Å². The number of hydrogen-bond donors (Lipinski definition) is 1. The van der Waals surface area contributed by atoms with Gasteiger partial charge in [0.1, 0.15) is 5.82 Å². The van der Waals surface area contributed by atoms with Gasteiger partial charge in [-0.15, -0.1) is 0 Å². The van der Waals surface area contributed by atoms with Crippen LogP contribution in [0.3, 0.4) is 0 Å². The zero-order valence-electron chi connectivity index (χ0n) is 13.5. The predicted octanol–water partition coefficient (Wildman–Crippen LogP) is 4.28. The van der Waals surface area contributed by atoms with E-state index in [0.29, 0.717) is 11.4 Å². The molecule has 1 N–H and O–H groups in total. The molecule has 0 spiro atoms. The van der Waals surface area contributed by atoms with Crippen molar-refractivity contribution in [2.24, 2.45) is 0 Å². The first-order valence-corrected chi connectivity index (χ1v) is 8.19. The van der Waals surface area contributed by atoms with E-state index in [1.165, 1.54) is 12.1 Å². The Balaban J connectivity index is 3.03. The minimum atomic E-state index is -0.532. The predicted molar refractivity (Wildman–Crippen MR) is 87.4 cm³/mol. The molecule has 0 heterocycles. The van der Waals surface area contributed by atoms with Gasteiger partial charge in [0.15, 0.2) is 0 Å². The van der Waals surface area contributed by atoms with Crippen LogP contribution in [0.4, 0.5) is 4.39 Å². The molecular weight excluding hydrogens is 289 g/mol. The normalized spacial score (nSPS) is 13.7. The average Bonchev–Trinajstić information content (AvgIpc) is 2.47. The fraction of sp³-hybridized carbons (Fsp3) is 0.647. The molecule has 1 rings (SSSR count). The van der Waals surface area contributed by atoms with Crippen molar-refractivity contribution in [3.63, 3.8) is 0 Å². The van der Waals surface area contributed by atoms with E-state index in [1.54, 1.807) is 6.07 Å².